The maximum absolute atomic E-state index is 11.6. The van der Waals surface area contributed by atoms with Crippen LogP contribution in [0.1, 0.15) is 20.3 Å². The van der Waals surface area contributed by atoms with Crippen molar-refractivity contribution in [2.75, 3.05) is 4.90 Å². The van der Waals surface area contributed by atoms with Gasteiger partial charge >= 0.3 is 6.03 Å². The van der Waals surface area contributed by atoms with E-state index in [-0.39, 0.29) is 6.03 Å². The SMILES string of the molecule is CCC1(C)N=NC(=O)N1c1ccccc1. The van der Waals surface area contributed by atoms with E-state index in [1.165, 1.54) is 0 Å². The molecule has 78 valence electrons. The highest BCUT2D eigenvalue weighted by molar-refractivity contribution is 5.95. The second-order valence-electron chi connectivity index (χ2n) is 3.72. The highest BCUT2D eigenvalue weighted by Crippen LogP contribution is 2.33. The van der Waals surface area contributed by atoms with Crippen LogP contribution in [0.2, 0.25) is 0 Å². The summed E-state index contributed by atoms with van der Waals surface area (Å²) in [5.74, 6) is 0. The average molecular weight is 203 g/mol. The quantitative estimate of drug-likeness (QED) is 0.727. The molecule has 15 heavy (non-hydrogen) atoms. The van der Waals surface area contributed by atoms with Crippen LogP contribution in [0.5, 0.6) is 0 Å². The molecule has 0 aliphatic carbocycles. The van der Waals surface area contributed by atoms with Crippen LogP contribution in [0.4, 0.5) is 10.5 Å². The first-order chi connectivity index (χ1) is 7.17. The van der Waals surface area contributed by atoms with E-state index in [0.717, 1.165) is 12.1 Å². The van der Waals surface area contributed by atoms with E-state index in [1.54, 1.807) is 4.90 Å². The summed E-state index contributed by atoms with van der Waals surface area (Å²) in [5.41, 5.74) is 0.315. The molecule has 0 saturated carbocycles. The van der Waals surface area contributed by atoms with Crippen molar-refractivity contribution in [2.24, 2.45) is 10.2 Å². The van der Waals surface area contributed by atoms with Gasteiger partial charge in [0.1, 0.15) is 0 Å². The lowest BCUT2D eigenvalue weighted by Crippen LogP contribution is -2.42. The highest BCUT2D eigenvalue weighted by atomic mass is 16.2. The van der Waals surface area contributed by atoms with Gasteiger partial charge in [-0.15, -0.1) is 0 Å². The van der Waals surface area contributed by atoms with Crippen molar-refractivity contribution in [3.8, 4) is 0 Å². The Kier molecular flexibility index (Phi) is 2.26. The molecule has 1 unspecified atom stereocenters. The lowest BCUT2D eigenvalue weighted by molar-refractivity contribution is 0.253. The van der Waals surface area contributed by atoms with Crippen molar-refractivity contribution in [2.45, 2.75) is 25.9 Å². The first kappa shape index (κ1) is 9.83. The molecule has 0 radical (unpaired) electrons. The van der Waals surface area contributed by atoms with Gasteiger partial charge in [0, 0.05) is 5.69 Å². The van der Waals surface area contributed by atoms with Crippen molar-refractivity contribution in [3.05, 3.63) is 30.3 Å². The summed E-state index contributed by atoms with van der Waals surface area (Å²) in [4.78, 5) is 13.2. The minimum atomic E-state index is -0.529. The molecule has 1 aliphatic rings. The van der Waals surface area contributed by atoms with Crippen LogP contribution >= 0.6 is 0 Å². The molecule has 0 N–H and O–H groups in total. The van der Waals surface area contributed by atoms with Crippen molar-refractivity contribution < 1.29 is 4.79 Å². The second kappa shape index (κ2) is 3.46. The third kappa shape index (κ3) is 1.52. The number of carbonyl (C=O) groups is 1. The number of para-hydroxylation sites is 1. The van der Waals surface area contributed by atoms with Crippen LogP contribution in [-0.2, 0) is 0 Å². The van der Waals surface area contributed by atoms with Gasteiger partial charge < -0.3 is 0 Å². The molecule has 0 fully saturated rings. The molecule has 0 saturated heterocycles. The number of carbonyl (C=O) groups excluding carboxylic acids is 1. The Morgan fingerprint density at radius 2 is 2.00 bits per heavy atom. The molecule has 1 aromatic carbocycles. The predicted molar refractivity (Wildman–Crippen MR) is 57.9 cm³/mol. The van der Waals surface area contributed by atoms with Crippen LogP contribution in [-0.4, -0.2) is 11.7 Å². The first-order valence-electron chi connectivity index (χ1n) is 4.99. The number of anilines is 1. The number of azo groups is 1. The van der Waals surface area contributed by atoms with E-state index in [9.17, 15) is 4.79 Å². The summed E-state index contributed by atoms with van der Waals surface area (Å²) in [7, 11) is 0. The Balaban J connectivity index is 2.41. The zero-order chi connectivity index (χ0) is 10.9. The molecule has 4 nitrogen and oxygen atoms in total. The number of benzene rings is 1. The van der Waals surface area contributed by atoms with Crippen molar-refractivity contribution in [3.63, 3.8) is 0 Å². The Morgan fingerprint density at radius 1 is 1.33 bits per heavy atom. The van der Waals surface area contributed by atoms with E-state index in [1.807, 2.05) is 44.2 Å². The fourth-order valence-corrected chi connectivity index (χ4v) is 1.64. The summed E-state index contributed by atoms with van der Waals surface area (Å²) in [6.45, 7) is 3.90. The molecule has 4 heteroatoms. The van der Waals surface area contributed by atoms with Crippen molar-refractivity contribution >= 4 is 11.7 Å². The molecule has 1 aromatic rings. The summed E-state index contributed by atoms with van der Waals surface area (Å²) in [6.07, 6.45) is 0.747. The molecule has 0 aromatic heterocycles. The van der Waals surface area contributed by atoms with E-state index in [0.29, 0.717) is 0 Å². The van der Waals surface area contributed by atoms with Gasteiger partial charge in [-0.25, -0.2) is 4.79 Å². The Hall–Kier alpha value is -1.71. The summed E-state index contributed by atoms with van der Waals surface area (Å²) < 4.78 is 0. The lowest BCUT2D eigenvalue weighted by Gasteiger charge is -2.29. The number of nitrogens with zero attached hydrogens (tertiary/aromatic N) is 3. The molecular formula is C11H13N3O. The maximum atomic E-state index is 11.6. The maximum Gasteiger partial charge on any atom is 0.368 e. The number of rotatable bonds is 2. The second-order valence-corrected chi connectivity index (χ2v) is 3.72. The topological polar surface area (TPSA) is 45.0 Å². The molecule has 1 heterocycles. The molecule has 2 amide bonds. The smallest absolute Gasteiger partial charge is 0.264 e. The van der Waals surface area contributed by atoms with Crippen molar-refractivity contribution in [1.29, 1.82) is 0 Å². The van der Waals surface area contributed by atoms with E-state index in [4.69, 9.17) is 0 Å². The van der Waals surface area contributed by atoms with Gasteiger partial charge in [-0.1, -0.05) is 30.2 Å². The third-order valence-electron chi connectivity index (χ3n) is 2.71. The van der Waals surface area contributed by atoms with Crippen molar-refractivity contribution in [1.82, 2.24) is 0 Å². The van der Waals surface area contributed by atoms with Crippen LogP contribution in [0.15, 0.2) is 40.6 Å². The molecule has 0 spiro atoms. The monoisotopic (exact) mass is 203 g/mol. The van der Waals surface area contributed by atoms with Gasteiger partial charge in [0.15, 0.2) is 5.66 Å². The van der Waals surface area contributed by atoms with Crippen LogP contribution in [0.25, 0.3) is 0 Å². The fraction of sp³-hybridized carbons (Fsp3) is 0.364. The fourth-order valence-electron chi connectivity index (χ4n) is 1.64. The summed E-state index contributed by atoms with van der Waals surface area (Å²) >= 11 is 0. The molecule has 1 atom stereocenters. The number of hydrogen-bond donors (Lipinski definition) is 0. The van der Waals surface area contributed by atoms with Gasteiger partial charge in [-0.2, -0.15) is 5.11 Å². The van der Waals surface area contributed by atoms with Gasteiger partial charge in [0.2, 0.25) is 0 Å². The van der Waals surface area contributed by atoms with Gasteiger partial charge in [-0.3, -0.25) is 4.90 Å². The van der Waals surface area contributed by atoms with Gasteiger partial charge in [0.05, 0.1) is 0 Å². The first-order valence-corrected chi connectivity index (χ1v) is 4.99. The Morgan fingerprint density at radius 3 is 2.60 bits per heavy atom. The molecule has 0 bridgehead atoms. The van der Waals surface area contributed by atoms with E-state index < -0.39 is 5.66 Å². The van der Waals surface area contributed by atoms with E-state index in [2.05, 4.69) is 10.2 Å². The largest absolute Gasteiger partial charge is 0.368 e. The zero-order valence-corrected chi connectivity index (χ0v) is 8.84. The van der Waals surface area contributed by atoms with Crippen LogP contribution in [0, 0.1) is 0 Å². The van der Waals surface area contributed by atoms with E-state index >= 15 is 0 Å². The Labute approximate surface area is 88.6 Å². The minimum absolute atomic E-state index is 0.287. The molecular weight excluding hydrogens is 190 g/mol. The number of urea groups is 1. The standard InChI is InChI=1S/C11H13N3O/c1-3-11(2)13-12-10(15)14(11)9-7-5-4-6-8-9/h4-8H,3H2,1-2H3. The molecule has 2 rings (SSSR count). The van der Waals surface area contributed by atoms with Gasteiger partial charge in [-0.05, 0) is 25.5 Å². The number of hydrogen-bond acceptors (Lipinski definition) is 2. The normalized spacial score (nSPS) is 24.9. The summed E-state index contributed by atoms with van der Waals surface area (Å²) in [5, 5.41) is 7.66. The minimum Gasteiger partial charge on any atom is -0.264 e. The van der Waals surface area contributed by atoms with Crippen LogP contribution < -0.4 is 4.90 Å². The van der Waals surface area contributed by atoms with Crippen LogP contribution in [0.3, 0.4) is 0 Å². The predicted octanol–water partition coefficient (Wildman–Crippen LogP) is 3.21. The zero-order valence-electron chi connectivity index (χ0n) is 8.84. The number of amides is 2. The summed E-state index contributed by atoms with van der Waals surface area (Å²) in [6, 6.07) is 9.21. The third-order valence-corrected chi connectivity index (χ3v) is 2.71. The molecule has 1 aliphatic heterocycles. The highest BCUT2D eigenvalue weighted by Gasteiger charge is 2.40. The average Bonchev–Trinajstić information content (AvgIpc) is 2.57. The van der Waals surface area contributed by atoms with Gasteiger partial charge in [0.25, 0.3) is 0 Å². The lowest BCUT2D eigenvalue weighted by atomic mass is 10.1. The Bertz CT molecular complexity index is 402.